The van der Waals surface area contributed by atoms with E-state index < -0.39 is 17.4 Å². The lowest BCUT2D eigenvalue weighted by atomic mass is 10.1. The molecule has 2 rings (SSSR count). The largest absolute Gasteiger partial charge is 0.505 e. The second-order valence-corrected chi connectivity index (χ2v) is 4.43. The number of halogens is 2. The molecule has 1 fully saturated rings. The lowest BCUT2D eigenvalue weighted by Gasteiger charge is -2.26. The van der Waals surface area contributed by atoms with Crippen molar-refractivity contribution in [2.24, 2.45) is 0 Å². The van der Waals surface area contributed by atoms with Gasteiger partial charge in [0.25, 0.3) is 0 Å². The van der Waals surface area contributed by atoms with Crippen molar-refractivity contribution in [2.45, 2.75) is 12.8 Å². The van der Waals surface area contributed by atoms with Gasteiger partial charge in [0.2, 0.25) is 5.82 Å². The Morgan fingerprint density at radius 3 is 2.61 bits per heavy atom. The van der Waals surface area contributed by atoms with Crippen molar-refractivity contribution in [1.29, 1.82) is 0 Å². The van der Waals surface area contributed by atoms with Gasteiger partial charge in [-0.2, -0.15) is 4.39 Å². The zero-order valence-electron chi connectivity index (χ0n) is 10.2. The maximum Gasteiger partial charge on any atom is 0.200 e. The van der Waals surface area contributed by atoms with Crippen LogP contribution in [0.4, 0.5) is 8.78 Å². The maximum atomic E-state index is 13.5. The first-order valence-corrected chi connectivity index (χ1v) is 6.14. The van der Waals surface area contributed by atoms with Crippen molar-refractivity contribution in [1.82, 2.24) is 4.90 Å². The van der Waals surface area contributed by atoms with Crippen LogP contribution in [0.25, 0.3) is 0 Å². The van der Waals surface area contributed by atoms with Gasteiger partial charge in [0.05, 0.1) is 13.2 Å². The number of hydrogen-bond donors (Lipinski definition) is 1. The fraction of sp³-hybridized carbons (Fsp3) is 0.538. The number of phenols is 1. The molecule has 1 saturated heterocycles. The number of hydrogen-bond acceptors (Lipinski definition) is 3. The van der Waals surface area contributed by atoms with Gasteiger partial charge < -0.3 is 9.84 Å². The number of morpholine rings is 1. The first-order valence-electron chi connectivity index (χ1n) is 6.14. The molecule has 3 nitrogen and oxygen atoms in total. The molecule has 1 heterocycles. The molecule has 1 aliphatic heterocycles. The van der Waals surface area contributed by atoms with Gasteiger partial charge in [-0.05, 0) is 31.0 Å². The van der Waals surface area contributed by atoms with Gasteiger partial charge in [0.15, 0.2) is 11.6 Å². The van der Waals surface area contributed by atoms with E-state index in [9.17, 15) is 8.78 Å². The normalized spacial score (nSPS) is 17.0. The lowest BCUT2D eigenvalue weighted by Crippen LogP contribution is -2.36. The SMILES string of the molecule is Oc1ccc(CCCN2CCOCC2)c(F)c1F. The molecule has 0 bridgehead atoms. The molecule has 0 saturated carbocycles. The van der Waals surface area contributed by atoms with Crippen LogP contribution in [-0.2, 0) is 11.2 Å². The minimum absolute atomic E-state index is 0.318. The van der Waals surface area contributed by atoms with Crippen LogP contribution in [0.15, 0.2) is 12.1 Å². The molecule has 0 aromatic heterocycles. The van der Waals surface area contributed by atoms with Crippen LogP contribution >= 0.6 is 0 Å². The van der Waals surface area contributed by atoms with Crippen molar-refractivity contribution >= 4 is 0 Å². The van der Waals surface area contributed by atoms with Crippen LogP contribution in [0.1, 0.15) is 12.0 Å². The second-order valence-electron chi connectivity index (χ2n) is 4.43. The van der Waals surface area contributed by atoms with Crippen LogP contribution in [0.3, 0.4) is 0 Å². The van der Waals surface area contributed by atoms with Crippen molar-refractivity contribution in [3.63, 3.8) is 0 Å². The summed E-state index contributed by atoms with van der Waals surface area (Å²) < 4.78 is 31.8. The van der Waals surface area contributed by atoms with E-state index >= 15 is 0 Å². The van der Waals surface area contributed by atoms with Crippen LogP contribution in [0.5, 0.6) is 5.75 Å². The van der Waals surface area contributed by atoms with E-state index in [0.29, 0.717) is 12.0 Å². The summed E-state index contributed by atoms with van der Waals surface area (Å²) in [5.41, 5.74) is 0.318. The highest BCUT2D eigenvalue weighted by molar-refractivity contribution is 5.29. The minimum Gasteiger partial charge on any atom is -0.505 e. The molecular weight excluding hydrogens is 240 g/mol. The van der Waals surface area contributed by atoms with Crippen LogP contribution < -0.4 is 0 Å². The standard InChI is InChI=1S/C13H17F2NO2/c14-12-10(3-4-11(17)13(12)15)2-1-5-16-6-8-18-9-7-16/h3-4,17H,1-2,5-9H2. The Labute approximate surface area is 105 Å². The Morgan fingerprint density at radius 1 is 1.17 bits per heavy atom. The monoisotopic (exact) mass is 257 g/mol. The summed E-state index contributed by atoms with van der Waals surface area (Å²) in [5, 5.41) is 9.02. The van der Waals surface area contributed by atoms with Crippen molar-refractivity contribution in [3.8, 4) is 5.75 Å². The van der Waals surface area contributed by atoms with Gasteiger partial charge >= 0.3 is 0 Å². The van der Waals surface area contributed by atoms with Gasteiger partial charge in [-0.3, -0.25) is 4.90 Å². The minimum atomic E-state index is -1.15. The number of aromatic hydroxyl groups is 1. The molecule has 18 heavy (non-hydrogen) atoms. The third-order valence-corrected chi connectivity index (χ3v) is 3.17. The van der Waals surface area contributed by atoms with E-state index in [2.05, 4.69) is 4.90 Å². The molecule has 100 valence electrons. The van der Waals surface area contributed by atoms with Gasteiger partial charge in [-0.1, -0.05) is 6.07 Å². The van der Waals surface area contributed by atoms with Gasteiger partial charge in [0.1, 0.15) is 0 Å². The maximum absolute atomic E-state index is 13.5. The van der Waals surface area contributed by atoms with E-state index in [4.69, 9.17) is 9.84 Å². The highest BCUT2D eigenvalue weighted by Crippen LogP contribution is 2.22. The topological polar surface area (TPSA) is 32.7 Å². The molecule has 0 atom stereocenters. The van der Waals surface area contributed by atoms with E-state index in [1.165, 1.54) is 12.1 Å². The average Bonchev–Trinajstić information content (AvgIpc) is 2.40. The molecule has 0 unspecified atom stereocenters. The number of nitrogens with zero attached hydrogens (tertiary/aromatic N) is 1. The van der Waals surface area contributed by atoms with E-state index in [0.717, 1.165) is 39.3 Å². The Bertz CT molecular complexity index is 406. The van der Waals surface area contributed by atoms with Crippen LogP contribution in [0.2, 0.25) is 0 Å². The van der Waals surface area contributed by atoms with Gasteiger partial charge in [-0.25, -0.2) is 4.39 Å². The third-order valence-electron chi connectivity index (χ3n) is 3.17. The molecular formula is C13H17F2NO2. The lowest BCUT2D eigenvalue weighted by molar-refractivity contribution is 0.0374. The molecule has 0 aliphatic carbocycles. The first kappa shape index (κ1) is 13.2. The highest BCUT2D eigenvalue weighted by Gasteiger charge is 2.14. The average molecular weight is 257 g/mol. The van der Waals surface area contributed by atoms with E-state index in [1.54, 1.807) is 0 Å². The number of aryl methyl sites for hydroxylation is 1. The predicted molar refractivity (Wildman–Crippen MR) is 63.6 cm³/mol. The van der Waals surface area contributed by atoms with Crippen LogP contribution in [-0.4, -0.2) is 42.9 Å². The van der Waals surface area contributed by atoms with Crippen molar-refractivity contribution in [3.05, 3.63) is 29.3 Å². The Morgan fingerprint density at radius 2 is 1.89 bits per heavy atom. The smallest absolute Gasteiger partial charge is 0.200 e. The quantitative estimate of drug-likeness (QED) is 0.894. The zero-order chi connectivity index (χ0) is 13.0. The summed E-state index contributed by atoms with van der Waals surface area (Å²) in [4.78, 5) is 2.25. The summed E-state index contributed by atoms with van der Waals surface area (Å²) in [6, 6.07) is 2.63. The number of phenolic OH excluding ortho intramolecular Hbond substituents is 1. The number of benzene rings is 1. The van der Waals surface area contributed by atoms with Crippen LogP contribution in [0, 0.1) is 11.6 Å². The van der Waals surface area contributed by atoms with Crippen molar-refractivity contribution in [2.75, 3.05) is 32.8 Å². The first-order chi connectivity index (χ1) is 8.68. The summed E-state index contributed by atoms with van der Waals surface area (Å²) in [6.07, 6.45) is 1.24. The Hall–Kier alpha value is -1.20. The zero-order valence-corrected chi connectivity index (χ0v) is 10.2. The fourth-order valence-corrected chi connectivity index (χ4v) is 2.09. The molecule has 5 heteroatoms. The van der Waals surface area contributed by atoms with Gasteiger partial charge in [0, 0.05) is 13.1 Å². The highest BCUT2D eigenvalue weighted by atomic mass is 19.2. The molecule has 1 aromatic carbocycles. The molecule has 0 amide bonds. The summed E-state index contributed by atoms with van der Waals surface area (Å²) in [5.74, 6) is -2.72. The fourth-order valence-electron chi connectivity index (χ4n) is 2.09. The molecule has 1 aliphatic rings. The number of ether oxygens (including phenoxy) is 1. The second kappa shape index (κ2) is 6.11. The Kier molecular flexibility index (Phi) is 4.49. The van der Waals surface area contributed by atoms with E-state index in [1.807, 2.05) is 0 Å². The molecule has 1 N–H and O–H groups in total. The molecule has 0 spiro atoms. The summed E-state index contributed by atoms with van der Waals surface area (Å²) in [6.45, 7) is 4.12. The third kappa shape index (κ3) is 3.17. The van der Waals surface area contributed by atoms with E-state index in [-0.39, 0.29) is 0 Å². The van der Waals surface area contributed by atoms with Gasteiger partial charge in [-0.15, -0.1) is 0 Å². The number of rotatable bonds is 4. The Balaban J connectivity index is 1.84. The molecule has 1 aromatic rings. The summed E-state index contributed by atoms with van der Waals surface area (Å²) >= 11 is 0. The summed E-state index contributed by atoms with van der Waals surface area (Å²) in [7, 11) is 0. The van der Waals surface area contributed by atoms with Crippen molar-refractivity contribution < 1.29 is 18.6 Å². The molecule has 0 radical (unpaired) electrons. The predicted octanol–water partition coefficient (Wildman–Crippen LogP) is 1.94.